The molecule has 0 radical (unpaired) electrons. The summed E-state index contributed by atoms with van der Waals surface area (Å²) in [5.41, 5.74) is 6.42. The Labute approximate surface area is 249 Å². The summed E-state index contributed by atoms with van der Waals surface area (Å²) in [6.45, 7) is -0.0947. The van der Waals surface area contributed by atoms with Gasteiger partial charge in [0, 0.05) is 16.7 Å². The van der Waals surface area contributed by atoms with Crippen LogP contribution in [0.2, 0.25) is 0 Å². The fraction of sp³-hybridized carbons (Fsp3) is 0.182. The molecule has 5 rings (SSSR count). The van der Waals surface area contributed by atoms with Crippen LogP contribution in [0.3, 0.4) is 0 Å². The maximum atomic E-state index is 11.1. The van der Waals surface area contributed by atoms with Crippen molar-refractivity contribution in [2.45, 2.75) is 12.8 Å². The van der Waals surface area contributed by atoms with Crippen LogP contribution in [0.1, 0.15) is 11.1 Å². The highest BCUT2D eigenvalue weighted by Gasteiger charge is 2.19. The number of aromatic amines is 1. The molecule has 0 fully saturated rings. The molecule has 9 nitrogen and oxygen atoms in total. The Balaban J connectivity index is 1.48. The van der Waals surface area contributed by atoms with Crippen LogP contribution in [0.25, 0.3) is 33.9 Å². The van der Waals surface area contributed by atoms with Gasteiger partial charge in [0.1, 0.15) is 11.6 Å². The number of phenolic OH excluding ortho intramolecular Hbond substituents is 1. The molecule has 0 unspecified atom stereocenters. The number of imidazole rings is 1. The average molecular weight is 601 g/mol. The maximum Gasteiger partial charge on any atom is 0.328 e. The van der Waals surface area contributed by atoms with Crippen molar-refractivity contribution in [2.75, 3.05) is 27.0 Å². The number of aryl methyl sites for hydroxylation is 2. The molecule has 0 aliphatic heterocycles. The molecule has 10 heteroatoms. The van der Waals surface area contributed by atoms with Crippen LogP contribution < -0.4 is 14.2 Å². The second-order valence-electron chi connectivity index (χ2n) is 9.98. The fourth-order valence-corrected chi connectivity index (χ4v) is 5.05. The van der Waals surface area contributed by atoms with E-state index in [4.69, 9.17) is 29.0 Å². The quantitative estimate of drug-likeness (QED) is 0.120. The van der Waals surface area contributed by atoms with E-state index >= 15 is 0 Å². The number of nitrogens with zero attached hydrogens (tertiary/aromatic N) is 1. The number of methoxy groups -OCH3 is 2. The molecule has 0 bridgehead atoms. The van der Waals surface area contributed by atoms with Gasteiger partial charge in [0.15, 0.2) is 11.5 Å². The molecular weight excluding hydrogens is 567 g/mol. The molecule has 0 aliphatic carbocycles. The zero-order valence-corrected chi connectivity index (χ0v) is 24.8. The van der Waals surface area contributed by atoms with Crippen molar-refractivity contribution in [3.05, 3.63) is 102 Å². The highest BCUT2D eigenvalue weighted by molar-refractivity contribution is 7.51. The van der Waals surface area contributed by atoms with E-state index in [1.807, 2.05) is 18.2 Å². The number of H-pyrrole nitrogens is 1. The van der Waals surface area contributed by atoms with E-state index in [-0.39, 0.29) is 30.0 Å². The van der Waals surface area contributed by atoms with Crippen molar-refractivity contribution in [2.24, 2.45) is 0 Å². The lowest BCUT2D eigenvalue weighted by atomic mass is 10.0. The van der Waals surface area contributed by atoms with Gasteiger partial charge in [0.25, 0.3) is 0 Å². The van der Waals surface area contributed by atoms with Gasteiger partial charge in [0.05, 0.1) is 38.4 Å². The molecule has 5 aromatic rings. The largest absolute Gasteiger partial charge is 0.502 e. The molecule has 1 heterocycles. The van der Waals surface area contributed by atoms with Gasteiger partial charge in [0.2, 0.25) is 5.75 Å². The summed E-state index contributed by atoms with van der Waals surface area (Å²) in [7, 11) is -1.19. The third-order valence-electron chi connectivity index (χ3n) is 7.02. The first-order chi connectivity index (χ1) is 20.7. The number of hydrogen-bond donors (Lipinski definition) is 4. The van der Waals surface area contributed by atoms with Crippen LogP contribution in [-0.2, 0) is 17.4 Å². The van der Waals surface area contributed by atoms with Crippen LogP contribution in [0, 0.1) is 0 Å². The molecule has 0 spiro atoms. The molecule has 0 atom stereocenters. The number of rotatable bonds is 12. The van der Waals surface area contributed by atoms with Crippen molar-refractivity contribution in [1.82, 2.24) is 9.97 Å². The first-order valence-electron chi connectivity index (χ1n) is 13.7. The lowest BCUT2D eigenvalue weighted by Gasteiger charge is -2.10. The van der Waals surface area contributed by atoms with Crippen LogP contribution >= 0.6 is 7.60 Å². The number of aromatic hydroxyl groups is 1. The SMILES string of the molecule is COc1cc(-c2nc(-c3ccc(OCCP(=O)(O)O)cc3)c(-c3ccc(CCc4ccccc4)cc3)[nH]2)cc(OC)c1O. The Kier molecular flexibility index (Phi) is 9.16. The molecule has 43 heavy (non-hydrogen) atoms. The topological polar surface area (TPSA) is 134 Å². The number of benzene rings is 4. The summed E-state index contributed by atoms with van der Waals surface area (Å²) in [5, 5.41) is 10.4. The van der Waals surface area contributed by atoms with Crippen molar-refractivity contribution < 1.29 is 33.7 Å². The van der Waals surface area contributed by atoms with Crippen LogP contribution in [0.15, 0.2) is 91.0 Å². The second-order valence-corrected chi connectivity index (χ2v) is 11.8. The van der Waals surface area contributed by atoms with E-state index in [0.717, 1.165) is 29.7 Å². The number of nitrogens with one attached hydrogen (secondary N) is 1. The van der Waals surface area contributed by atoms with E-state index in [9.17, 15) is 9.67 Å². The predicted octanol–water partition coefficient (Wildman–Crippen LogP) is 6.48. The highest BCUT2D eigenvalue weighted by atomic mass is 31.2. The first kappa shape index (κ1) is 29.9. The minimum atomic E-state index is -4.14. The molecule has 222 valence electrons. The van der Waals surface area contributed by atoms with Gasteiger partial charge in [-0.1, -0.05) is 54.6 Å². The van der Waals surface area contributed by atoms with Gasteiger partial charge in [-0.05, 0) is 60.4 Å². The first-order valence-corrected chi connectivity index (χ1v) is 15.5. The van der Waals surface area contributed by atoms with Crippen LogP contribution in [-0.4, -0.2) is 51.8 Å². The highest BCUT2D eigenvalue weighted by Crippen LogP contribution is 2.41. The summed E-state index contributed by atoms with van der Waals surface area (Å²) in [6.07, 6.45) is 1.51. The summed E-state index contributed by atoms with van der Waals surface area (Å²) in [4.78, 5) is 26.6. The number of phenols is 1. The molecule has 0 aliphatic rings. The third kappa shape index (κ3) is 7.45. The lowest BCUT2D eigenvalue weighted by molar-refractivity contribution is 0.316. The molecule has 0 saturated carbocycles. The van der Waals surface area contributed by atoms with Crippen LogP contribution in [0.4, 0.5) is 0 Å². The molecule has 0 saturated heterocycles. The standard InChI is InChI=1S/C33H33N2O7P/c1-40-28-20-26(21-29(41-2)32(28)36)33-34-30(24-12-10-23(11-13-24)9-8-22-6-4-3-5-7-22)31(35-33)25-14-16-27(17-15-25)42-18-19-43(37,38)39/h3-7,10-17,20-21,36H,8-9,18-19H2,1-2H3,(H,34,35)(H2,37,38,39). The molecule has 0 amide bonds. The van der Waals surface area contributed by atoms with Crippen molar-refractivity contribution in [3.8, 4) is 56.9 Å². The Bertz CT molecular complexity index is 1690. The molecular formula is C33H33N2O7P. The Morgan fingerprint density at radius 1 is 0.767 bits per heavy atom. The Morgan fingerprint density at radius 3 is 1.93 bits per heavy atom. The van der Waals surface area contributed by atoms with Gasteiger partial charge in [-0.3, -0.25) is 4.57 Å². The van der Waals surface area contributed by atoms with Gasteiger partial charge >= 0.3 is 7.60 Å². The summed E-state index contributed by atoms with van der Waals surface area (Å²) in [5.74, 6) is 1.46. The van der Waals surface area contributed by atoms with E-state index < -0.39 is 7.60 Å². The minimum absolute atomic E-state index is 0.0947. The maximum absolute atomic E-state index is 11.1. The van der Waals surface area contributed by atoms with Gasteiger partial charge in [-0.15, -0.1) is 0 Å². The average Bonchev–Trinajstić information content (AvgIpc) is 3.46. The summed E-state index contributed by atoms with van der Waals surface area (Å²) in [6, 6.07) is 29.3. The minimum Gasteiger partial charge on any atom is -0.502 e. The van der Waals surface area contributed by atoms with E-state index in [1.165, 1.54) is 25.3 Å². The normalized spacial score (nSPS) is 11.3. The monoisotopic (exact) mass is 600 g/mol. The zero-order valence-electron chi connectivity index (χ0n) is 23.9. The van der Waals surface area contributed by atoms with Crippen molar-refractivity contribution in [3.63, 3.8) is 0 Å². The Hall–Kier alpha value is -4.56. The van der Waals surface area contributed by atoms with E-state index in [1.54, 1.807) is 24.3 Å². The van der Waals surface area contributed by atoms with Crippen molar-refractivity contribution in [1.29, 1.82) is 0 Å². The molecule has 1 aromatic heterocycles. The summed E-state index contributed by atoms with van der Waals surface area (Å²) >= 11 is 0. The number of hydrogen-bond acceptors (Lipinski definition) is 6. The predicted molar refractivity (Wildman–Crippen MR) is 166 cm³/mol. The molecule has 4 aromatic carbocycles. The summed E-state index contributed by atoms with van der Waals surface area (Å²) < 4.78 is 27.4. The van der Waals surface area contributed by atoms with Crippen LogP contribution in [0.5, 0.6) is 23.0 Å². The Morgan fingerprint density at radius 2 is 1.35 bits per heavy atom. The van der Waals surface area contributed by atoms with Crippen molar-refractivity contribution >= 4 is 7.60 Å². The number of aromatic nitrogens is 2. The smallest absolute Gasteiger partial charge is 0.328 e. The number of ether oxygens (including phenoxy) is 3. The van der Waals surface area contributed by atoms with E-state index in [0.29, 0.717) is 22.8 Å². The van der Waals surface area contributed by atoms with Gasteiger partial charge in [-0.2, -0.15) is 0 Å². The zero-order chi connectivity index (χ0) is 30.4. The van der Waals surface area contributed by atoms with Gasteiger partial charge < -0.3 is 34.1 Å². The second kappa shape index (κ2) is 13.2. The molecule has 4 N–H and O–H groups in total. The lowest BCUT2D eigenvalue weighted by Crippen LogP contribution is -2.03. The third-order valence-corrected chi connectivity index (χ3v) is 7.79. The van der Waals surface area contributed by atoms with E-state index in [2.05, 4.69) is 53.5 Å². The van der Waals surface area contributed by atoms with Gasteiger partial charge in [-0.25, -0.2) is 4.98 Å². The fourth-order valence-electron chi connectivity index (χ4n) is 4.72.